The standard InChI is InChI=1S/C9H17NO2/c1-9(2-3-11-7-9)6-10-8-4-12-5-8/h8,10H,2-7H2,1H3. The minimum absolute atomic E-state index is 0.371. The summed E-state index contributed by atoms with van der Waals surface area (Å²) in [4.78, 5) is 0. The van der Waals surface area contributed by atoms with Gasteiger partial charge in [-0.1, -0.05) is 6.92 Å². The monoisotopic (exact) mass is 171 g/mol. The normalized spacial score (nSPS) is 36.8. The highest BCUT2D eigenvalue weighted by Gasteiger charge is 2.31. The van der Waals surface area contributed by atoms with Gasteiger partial charge in [0.05, 0.1) is 25.9 Å². The summed E-state index contributed by atoms with van der Waals surface area (Å²) in [5, 5.41) is 3.50. The molecule has 1 N–H and O–H groups in total. The van der Waals surface area contributed by atoms with Gasteiger partial charge in [0.15, 0.2) is 0 Å². The first-order chi connectivity index (χ1) is 5.79. The molecule has 0 radical (unpaired) electrons. The molecule has 70 valence electrons. The van der Waals surface area contributed by atoms with E-state index < -0.39 is 0 Å². The zero-order valence-electron chi connectivity index (χ0n) is 7.64. The Morgan fingerprint density at radius 1 is 1.42 bits per heavy atom. The first-order valence-corrected chi connectivity index (χ1v) is 4.67. The molecule has 1 unspecified atom stereocenters. The van der Waals surface area contributed by atoms with Crippen molar-refractivity contribution in [3.05, 3.63) is 0 Å². The van der Waals surface area contributed by atoms with Gasteiger partial charge in [-0.15, -0.1) is 0 Å². The minimum atomic E-state index is 0.371. The van der Waals surface area contributed by atoms with Gasteiger partial charge in [0.25, 0.3) is 0 Å². The molecule has 3 nitrogen and oxygen atoms in total. The van der Waals surface area contributed by atoms with Crippen molar-refractivity contribution in [3.8, 4) is 0 Å². The van der Waals surface area contributed by atoms with Crippen molar-refractivity contribution < 1.29 is 9.47 Å². The molecule has 2 aliphatic heterocycles. The van der Waals surface area contributed by atoms with Crippen LogP contribution in [0.3, 0.4) is 0 Å². The summed E-state index contributed by atoms with van der Waals surface area (Å²) in [6.45, 7) is 6.97. The predicted octanol–water partition coefficient (Wildman–Crippen LogP) is 0.401. The lowest BCUT2D eigenvalue weighted by Crippen LogP contribution is -2.49. The Morgan fingerprint density at radius 2 is 2.25 bits per heavy atom. The first kappa shape index (κ1) is 8.48. The van der Waals surface area contributed by atoms with E-state index in [4.69, 9.17) is 9.47 Å². The Labute approximate surface area is 73.4 Å². The SMILES string of the molecule is CC1(CNC2COC2)CCOC1. The molecule has 0 aromatic rings. The van der Waals surface area contributed by atoms with Gasteiger partial charge in [0.1, 0.15) is 0 Å². The van der Waals surface area contributed by atoms with Crippen LogP contribution in [-0.4, -0.2) is 39.0 Å². The Hall–Kier alpha value is -0.120. The largest absolute Gasteiger partial charge is 0.381 e. The van der Waals surface area contributed by atoms with Crippen LogP contribution in [0.5, 0.6) is 0 Å². The molecular weight excluding hydrogens is 154 g/mol. The van der Waals surface area contributed by atoms with Crippen LogP contribution in [0.1, 0.15) is 13.3 Å². The second-order valence-corrected chi connectivity index (χ2v) is 4.23. The van der Waals surface area contributed by atoms with Crippen molar-refractivity contribution in [3.63, 3.8) is 0 Å². The lowest BCUT2D eigenvalue weighted by molar-refractivity contribution is -0.00949. The first-order valence-electron chi connectivity index (χ1n) is 4.67. The molecule has 2 aliphatic rings. The van der Waals surface area contributed by atoms with E-state index in [-0.39, 0.29) is 0 Å². The molecular formula is C9H17NO2. The highest BCUT2D eigenvalue weighted by Crippen LogP contribution is 2.26. The maximum Gasteiger partial charge on any atom is 0.0643 e. The summed E-state index contributed by atoms with van der Waals surface area (Å²) < 4.78 is 10.5. The van der Waals surface area contributed by atoms with Gasteiger partial charge in [-0.25, -0.2) is 0 Å². The van der Waals surface area contributed by atoms with E-state index in [2.05, 4.69) is 12.2 Å². The molecule has 2 fully saturated rings. The average Bonchev–Trinajstić information content (AvgIpc) is 2.33. The van der Waals surface area contributed by atoms with E-state index in [1.54, 1.807) is 0 Å². The van der Waals surface area contributed by atoms with Crippen LogP contribution in [0.2, 0.25) is 0 Å². The second kappa shape index (κ2) is 3.32. The average molecular weight is 171 g/mol. The molecule has 0 aliphatic carbocycles. The fourth-order valence-electron chi connectivity index (χ4n) is 1.59. The molecule has 2 rings (SSSR count). The van der Waals surface area contributed by atoms with Gasteiger partial charge in [-0.05, 0) is 6.42 Å². The highest BCUT2D eigenvalue weighted by atomic mass is 16.5. The smallest absolute Gasteiger partial charge is 0.0643 e. The summed E-state index contributed by atoms with van der Waals surface area (Å²) in [6, 6.07) is 0.599. The number of hydrogen-bond acceptors (Lipinski definition) is 3. The van der Waals surface area contributed by atoms with Crippen LogP contribution in [0.4, 0.5) is 0 Å². The quantitative estimate of drug-likeness (QED) is 0.667. The van der Waals surface area contributed by atoms with E-state index in [0.29, 0.717) is 11.5 Å². The topological polar surface area (TPSA) is 30.5 Å². The summed E-state index contributed by atoms with van der Waals surface area (Å²) in [6.07, 6.45) is 1.19. The molecule has 12 heavy (non-hydrogen) atoms. The number of nitrogens with one attached hydrogen (secondary N) is 1. The van der Waals surface area contributed by atoms with Crippen molar-refractivity contribution in [2.24, 2.45) is 5.41 Å². The number of hydrogen-bond donors (Lipinski definition) is 1. The molecule has 0 spiro atoms. The van der Waals surface area contributed by atoms with Gasteiger partial charge < -0.3 is 14.8 Å². The summed E-state index contributed by atoms with van der Waals surface area (Å²) in [7, 11) is 0. The van der Waals surface area contributed by atoms with E-state index in [1.165, 1.54) is 6.42 Å². The summed E-state index contributed by atoms with van der Waals surface area (Å²) >= 11 is 0. The molecule has 0 amide bonds. The van der Waals surface area contributed by atoms with Crippen molar-refractivity contribution in [1.29, 1.82) is 0 Å². The van der Waals surface area contributed by atoms with Gasteiger partial charge in [0.2, 0.25) is 0 Å². The Bertz CT molecular complexity index is 151. The van der Waals surface area contributed by atoms with Crippen LogP contribution in [0.25, 0.3) is 0 Å². The van der Waals surface area contributed by atoms with Crippen LogP contribution in [0, 0.1) is 5.41 Å². The van der Waals surface area contributed by atoms with Gasteiger partial charge in [0, 0.05) is 18.6 Å². The second-order valence-electron chi connectivity index (χ2n) is 4.23. The van der Waals surface area contributed by atoms with Crippen LogP contribution in [0.15, 0.2) is 0 Å². The van der Waals surface area contributed by atoms with Crippen molar-refractivity contribution in [2.45, 2.75) is 19.4 Å². The van der Waals surface area contributed by atoms with Crippen molar-refractivity contribution in [2.75, 3.05) is 33.0 Å². The van der Waals surface area contributed by atoms with E-state index in [9.17, 15) is 0 Å². The van der Waals surface area contributed by atoms with Crippen molar-refractivity contribution in [1.82, 2.24) is 5.32 Å². The fraction of sp³-hybridized carbons (Fsp3) is 1.00. The molecule has 0 saturated carbocycles. The highest BCUT2D eigenvalue weighted by molar-refractivity contribution is 4.84. The Morgan fingerprint density at radius 3 is 2.75 bits per heavy atom. The maximum absolute atomic E-state index is 5.37. The maximum atomic E-state index is 5.37. The molecule has 3 heteroatoms. The van der Waals surface area contributed by atoms with E-state index in [1.807, 2.05) is 0 Å². The van der Waals surface area contributed by atoms with Crippen LogP contribution in [-0.2, 0) is 9.47 Å². The van der Waals surface area contributed by atoms with E-state index in [0.717, 1.165) is 33.0 Å². The fourth-order valence-corrected chi connectivity index (χ4v) is 1.59. The lowest BCUT2D eigenvalue weighted by Gasteiger charge is -2.31. The van der Waals surface area contributed by atoms with Crippen LogP contribution < -0.4 is 5.32 Å². The van der Waals surface area contributed by atoms with Crippen molar-refractivity contribution >= 4 is 0 Å². The zero-order chi connectivity index (χ0) is 8.44. The summed E-state index contributed by atoms with van der Waals surface area (Å²) in [5.41, 5.74) is 0.371. The minimum Gasteiger partial charge on any atom is -0.381 e. The molecule has 0 bridgehead atoms. The molecule has 0 aromatic carbocycles. The van der Waals surface area contributed by atoms with Crippen LogP contribution >= 0.6 is 0 Å². The van der Waals surface area contributed by atoms with Gasteiger partial charge >= 0.3 is 0 Å². The Kier molecular flexibility index (Phi) is 2.35. The predicted molar refractivity (Wildman–Crippen MR) is 46.2 cm³/mol. The Balaban J connectivity index is 1.70. The molecule has 2 saturated heterocycles. The van der Waals surface area contributed by atoms with Gasteiger partial charge in [-0.2, -0.15) is 0 Å². The zero-order valence-corrected chi connectivity index (χ0v) is 7.64. The van der Waals surface area contributed by atoms with Gasteiger partial charge in [-0.3, -0.25) is 0 Å². The number of rotatable bonds is 3. The molecule has 1 atom stereocenters. The third-order valence-corrected chi connectivity index (χ3v) is 2.76. The summed E-state index contributed by atoms with van der Waals surface area (Å²) in [5.74, 6) is 0. The molecule has 2 heterocycles. The van der Waals surface area contributed by atoms with E-state index >= 15 is 0 Å². The third-order valence-electron chi connectivity index (χ3n) is 2.76. The molecule has 0 aromatic heterocycles. The third kappa shape index (κ3) is 1.79. The number of ether oxygens (including phenoxy) is 2. The lowest BCUT2D eigenvalue weighted by atomic mass is 9.90.